The zero-order valence-corrected chi connectivity index (χ0v) is 33.1. The second-order valence-electron chi connectivity index (χ2n) is 14.7. The third-order valence-corrected chi connectivity index (χ3v) is 11.6. The normalized spacial score (nSPS) is 13.1. The maximum absolute atomic E-state index is 12.5. The average molecular weight is 914 g/mol. The first-order valence-corrected chi connectivity index (χ1v) is 18.0. The molecule has 0 saturated carbocycles. The molecule has 3 aromatic carbocycles. The van der Waals surface area contributed by atoms with Crippen LogP contribution >= 0.6 is 11.3 Å². The van der Waals surface area contributed by atoms with E-state index in [1.165, 1.54) is 50.6 Å². The third-order valence-electron chi connectivity index (χ3n) is 8.09. The van der Waals surface area contributed by atoms with Crippen LogP contribution in [0.3, 0.4) is 0 Å². The van der Waals surface area contributed by atoms with Crippen LogP contribution in [0.5, 0.6) is 0 Å². The minimum absolute atomic E-state index is 0. The summed E-state index contributed by atoms with van der Waals surface area (Å²) in [6, 6.07) is 26.0. The van der Waals surface area contributed by atoms with Crippen molar-refractivity contribution in [1.29, 1.82) is 0 Å². The molecule has 3 heterocycles. The van der Waals surface area contributed by atoms with Gasteiger partial charge in [-0.2, -0.15) is 13.2 Å². The van der Waals surface area contributed by atoms with Crippen LogP contribution in [0.15, 0.2) is 78.7 Å². The van der Waals surface area contributed by atoms with Gasteiger partial charge < -0.3 is 5.11 Å². The minimum atomic E-state index is -4.63. The minimum Gasteiger partial charge on any atom is 0 e. The van der Waals surface area contributed by atoms with E-state index in [4.69, 9.17) is 4.98 Å². The Hall–Kier alpha value is -2.80. The van der Waals surface area contributed by atoms with Gasteiger partial charge in [-0.25, -0.2) is 0 Å². The summed E-state index contributed by atoms with van der Waals surface area (Å²) in [6.45, 7) is 13.3. The summed E-state index contributed by atoms with van der Waals surface area (Å²) < 4.78 is 42.8. The first kappa shape index (κ1) is 38.0. The van der Waals surface area contributed by atoms with E-state index < -0.39 is 22.8 Å². The van der Waals surface area contributed by atoms with Gasteiger partial charge in [0, 0.05) is 31.6 Å². The topological polar surface area (TPSA) is 50.2 Å². The molecule has 6 rings (SSSR count). The van der Waals surface area contributed by atoms with E-state index in [9.17, 15) is 23.1 Å². The van der Waals surface area contributed by atoms with Crippen molar-refractivity contribution in [2.75, 3.05) is 0 Å². The molecule has 255 valence electrons. The van der Waals surface area contributed by atoms with E-state index in [1.807, 2.05) is 17.5 Å². The van der Waals surface area contributed by atoms with E-state index in [0.717, 1.165) is 26.0 Å². The molecule has 0 aliphatic heterocycles. The Bertz CT molecular complexity index is 2110. The number of aliphatic hydroxyl groups is 1. The summed E-state index contributed by atoms with van der Waals surface area (Å²) >= 11 is 2.15. The molecule has 6 aromatic rings. The van der Waals surface area contributed by atoms with Crippen LogP contribution in [-0.2, 0) is 31.3 Å². The number of aromatic nitrogens is 1. The fraction of sp³-hybridized carbons (Fsp3) is 0.333. The molecule has 0 amide bonds. The maximum atomic E-state index is 12.5. The Balaban J connectivity index is 0.000000264. The number of aliphatic hydroxyl groups excluding tert-OH is 1. The number of hydrogen-bond donors (Lipinski definition) is 1. The molecule has 0 aliphatic carbocycles. The van der Waals surface area contributed by atoms with Gasteiger partial charge in [0.25, 0.3) is 0 Å². The first-order valence-electron chi connectivity index (χ1n) is 15.4. The number of fused-ring (bicyclic) bond motifs is 6. The first-order chi connectivity index (χ1) is 21.8. The summed E-state index contributed by atoms with van der Waals surface area (Å²) in [7, 11) is 0. The van der Waals surface area contributed by atoms with Gasteiger partial charge in [0.05, 0.1) is 0 Å². The largest absolute Gasteiger partial charge is 0 e. The molecule has 9 heteroatoms. The quantitative estimate of drug-likeness (QED) is 0.0830. The second-order valence-corrected chi connectivity index (χ2v) is 17.9. The molecule has 48 heavy (non-hydrogen) atoms. The Morgan fingerprint density at radius 3 is 2.17 bits per heavy atom. The van der Waals surface area contributed by atoms with Gasteiger partial charge in [-0.3, -0.25) is 4.79 Å². The predicted octanol–water partition coefficient (Wildman–Crippen LogP) is 11.5. The number of pyridine rings is 1. The number of hydrogen-bond acceptors (Lipinski definition) is 4. The second kappa shape index (κ2) is 13.8. The number of carbonyl (C=O) groups excluding carboxylic acids is 1. The van der Waals surface area contributed by atoms with Crippen LogP contribution in [0.4, 0.5) is 13.2 Å². The van der Waals surface area contributed by atoms with Gasteiger partial charge in [0.1, 0.15) is 11.2 Å². The van der Waals surface area contributed by atoms with Crippen molar-refractivity contribution in [2.45, 2.75) is 68.0 Å². The fourth-order valence-electron chi connectivity index (χ4n) is 5.11. The number of benzene rings is 3. The van der Waals surface area contributed by atoms with Crippen LogP contribution in [0.1, 0.15) is 61.0 Å². The van der Waals surface area contributed by atoms with Crippen LogP contribution in [0.2, 0.25) is 0 Å². The molecule has 3 nitrogen and oxygen atoms in total. The van der Waals surface area contributed by atoms with Gasteiger partial charge in [0.15, 0.2) is 5.78 Å². The molecule has 0 spiro atoms. The molecule has 3 aromatic heterocycles. The SMILES string of the molecule is CC(C)(C)/C(O)=C/C(=O)C(C)(C)C(F)(F)F.CC(C)(C)Cc1ccc2c(ccc3c4ccnc(-c5[c-]c6ccccc6[se]5)c4sc23)c1.[Ir]. The molecule has 1 N–H and O–H groups in total. The standard InChI is InChI=1S/C28H22NSSe.C11H17F3O2.Ir/c1-28(2,3)16-17-8-10-20-18(14-17)9-11-21-22-12-13-29-25(27(22)30-26(20)21)24-15-19-6-4-5-7-23(19)31-24;1-9(2,3)7(15)6-8(16)10(4,5)11(12,13)14;/h4-14H,16H2,1-3H3;6,15H,1-5H3;/q-1;;/b;7-6-;. The summed E-state index contributed by atoms with van der Waals surface area (Å²) in [5.74, 6) is -1.50. The van der Waals surface area contributed by atoms with Crippen molar-refractivity contribution in [3.63, 3.8) is 0 Å². The van der Waals surface area contributed by atoms with Crippen LogP contribution < -0.4 is 0 Å². The predicted molar refractivity (Wildman–Crippen MR) is 192 cm³/mol. The Kier molecular flexibility index (Phi) is 11.0. The molecule has 0 fully saturated rings. The molecule has 0 aliphatic rings. The van der Waals surface area contributed by atoms with E-state index >= 15 is 0 Å². The summed E-state index contributed by atoms with van der Waals surface area (Å²) in [6.07, 6.45) is -0.908. The molecule has 0 saturated heterocycles. The number of carbonyl (C=O) groups is 1. The summed E-state index contributed by atoms with van der Waals surface area (Å²) in [5, 5.41) is 16.0. The molecule has 0 unspecified atom stereocenters. The average Bonchev–Trinajstić information content (AvgIpc) is 3.57. The summed E-state index contributed by atoms with van der Waals surface area (Å²) in [5.41, 5.74) is -0.397. The van der Waals surface area contributed by atoms with Crippen molar-refractivity contribution in [3.05, 3.63) is 90.3 Å². The zero-order valence-electron chi connectivity index (χ0n) is 28.2. The number of ketones is 1. The zero-order chi connectivity index (χ0) is 34.5. The number of nitrogens with zero attached hydrogens (tertiary/aromatic N) is 1. The van der Waals surface area contributed by atoms with Gasteiger partial charge in [-0.15, -0.1) is 0 Å². The van der Waals surface area contributed by atoms with Crippen molar-refractivity contribution >= 4 is 72.2 Å². The molecule has 0 atom stereocenters. The Labute approximate surface area is 303 Å². The van der Waals surface area contributed by atoms with Gasteiger partial charge >= 0.3 is 199 Å². The van der Waals surface area contributed by atoms with Gasteiger partial charge in [-0.05, 0) is 13.8 Å². The fourth-order valence-corrected chi connectivity index (χ4v) is 8.70. The number of rotatable bonds is 4. The van der Waals surface area contributed by atoms with E-state index in [2.05, 4.69) is 87.5 Å². The number of allylic oxidation sites excluding steroid dienone is 2. The van der Waals surface area contributed by atoms with Crippen LogP contribution in [-0.4, -0.2) is 36.6 Å². The summed E-state index contributed by atoms with van der Waals surface area (Å²) in [4.78, 5) is 16.2. The number of thiophene rings is 1. The smallest absolute Gasteiger partial charge is 0 e. The maximum Gasteiger partial charge on any atom is 0 e. The monoisotopic (exact) mass is 915 g/mol. The van der Waals surface area contributed by atoms with E-state index in [-0.39, 0.29) is 40.4 Å². The van der Waals surface area contributed by atoms with Gasteiger partial charge in [0.2, 0.25) is 0 Å². The third kappa shape index (κ3) is 7.98. The Morgan fingerprint density at radius 2 is 1.54 bits per heavy atom. The van der Waals surface area contributed by atoms with E-state index in [1.54, 1.807) is 20.8 Å². The number of halogens is 3. The molecular formula is C39H39F3IrNO2SSe-. The van der Waals surface area contributed by atoms with Crippen molar-refractivity contribution < 1.29 is 43.2 Å². The molecule has 1 radical (unpaired) electrons. The van der Waals surface area contributed by atoms with Crippen LogP contribution in [0, 0.1) is 22.3 Å². The van der Waals surface area contributed by atoms with Crippen LogP contribution in [0.25, 0.3) is 50.7 Å². The van der Waals surface area contributed by atoms with E-state index in [0.29, 0.717) is 11.5 Å². The molecule has 0 bridgehead atoms. The van der Waals surface area contributed by atoms with Crippen molar-refractivity contribution in [3.8, 4) is 10.1 Å². The Morgan fingerprint density at radius 1 is 0.896 bits per heavy atom. The number of alkyl halides is 3. The van der Waals surface area contributed by atoms with Gasteiger partial charge in [-0.1, -0.05) is 20.8 Å². The van der Waals surface area contributed by atoms with Crippen molar-refractivity contribution in [1.82, 2.24) is 4.98 Å². The molecular weight excluding hydrogens is 875 g/mol. The van der Waals surface area contributed by atoms with Crippen molar-refractivity contribution in [2.24, 2.45) is 16.2 Å².